The summed E-state index contributed by atoms with van der Waals surface area (Å²) in [4.78, 5) is 17.1. The molecule has 1 fully saturated rings. The van der Waals surface area contributed by atoms with E-state index in [1.54, 1.807) is 0 Å². The molecule has 0 N–H and O–H groups in total. The van der Waals surface area contributed by atoms with Crippen molar-refractivity contribution in [3.05, 3.63) is 47.5 Å². The van der Waals surface area contributed by atoms with Crippen molar-refractivity contribution in [1.82, 2.24) is 24.6 Å². The Kier molecular flexibility index (Phi) is 4.53. The highest BCUT2D eigenvalue weighted by Gasteiger charge is 2.32. The lowest BCUT2D eigenvalue weighted by Crippen LogP contribution is -2.29. The van der Waals surface area contributed by atoms with Gasteiger partial charge < -0.3 is 14.4 Å². The van der Waals surface area contributed by atoms with Crippen molar-refractivity contribution in [3.8, 4) is 0 Å². The van der Waals surface area contributed by atoms with Crippen molar-refractivity contribution in [2.24, 2.45) is 0 Å². The lowest BCUT2D eigenvalue weighted by molar-refractivity contribution is 0.0790. The number of hydrogen-bond donors (Lipinski definition) is 0. The second kappa shape index (κ2) is 6.96. The predicted molar refractivity (Wildman–Crippen MR) is 95.5 cm³/mol. The van der Waals surface area contributed by atoms with Gasteiger partial charge >= 0.3 is 0 Å². The first-order valence-corrected chi connectivity index (χ1v) is 9.25. The quantitative estimate of drug-likeness (QED) is 0.855. The van der Waals surface area contributed by atoms with Gasteiger partial charge in [-0.15, -0.1) is 10.2 Å². The zero-order valence-corrected chi connectivity index (χ0v) is 14.8. The Morgan fingerprint density at radius 3 is 2.76 bits per heavy atom. The summed E-state index contributed by atoms with van der Waals surface area (Å²) in [6.45, 7) is 7.87. The minimum absolute atomic E-state index is 0.121. The Labute approximate surface area is 148 Å². The highest BCUT2D eigenvalue weighted by molar-refractivity contribution is 5.94. The molecule has 0 bridgehead atoms. The van der Waals surface area contributed by atoms with Crippen LogP contribution in [0.15, 0.2) is 30.3 Å². The van der Waals surface area contributed by atoms with E-state index in [4.69, 9.17) is 0 Å². The topological polar surface area (TPSA) is 54.3 Å². The summed E-state index contributed by atoms with van der Waals surface area (Å²) in [6.07, 6.45) is 1.93. The van der Waals surface area contributed by atoms with Crippen LogP contribution >= 0.6 is 0 Å². The highest BCUT2D eigenvalue weighted by atomic mass is 16.2. The van der Waals surface area contributed by atoms with E-state index >= 15 is 0 Å². The van der Waals surface area contributed by atoms with E-state index < -0.39 is 0 Å². The number of amides is 1. The van der Waals surface area contributed by atoms with Crippen molar-refractivity contribution < 1.29 is 4.79 Å². The van der Waals surface area contributed by atoms with Crippen molar-refractivity contribution in [3.63, 3.8) is 0 Å². The first kappa shape index (κ1) is 16.3. The molecule has 1 atom stereocenters. The van der Waals surface area contributed by atoms with Crippen molar-refractivity contribution in [2.45, 2.75) is 32.2 Å². The fourth-order valence-electron chi connectivity index (χ4n) is 3.93. The number of likely N-dealkylation sites (N-methyl/N-ethyl adjacent to an activating group) is 1. The molecule has 0 aliphatic carbocycles. The molecular weight excluding hydrogens is 314 g/mol. The molecule has 25 heavy (non-hydrogen) atoms. The van der Waals surface area contributed by atoms with Gasteiger partial charge in [0, 0.05) is 50.6 Å². The monoisotopic (exact) mass is 339 g/mol. The molecule has 132 valence electrons. The Balaban J connectivity index is 1.48. The lowest BCUT2D eigenvalue weighted by atomic mass is 10.1. The maximum Gasteiger partial charge on any atom is 0.253 e. The summed E-state index contributed by atoms with van der Waals surface area (Å²) in [5.74, 6) is 2.58. The molecule has 0 radical (unpaired) electrons. The molecule has 1 unspecified atom stereocenters. The second-order valence-corrected chi connectivity index (χ2v) is 6.91. The molecule has 3 heterocycles. The minimum Gasteiger partial charge on any atom is -0.338 e. The van der Waals surface area contributed by atoms with Crippen molar-refractivity contribution in [1.29, 1.82) is 0 Å². The van der Waals surface area contributed by atoms with Gasteiger partial charge in [-0.2, -0.15) is 0 Å². The number of fused-ring (bicyclic) bond motifs is 1. The predicted octanol–water partition coefficient (Wildman–Crippen LogP) is 1.79. The molecule has 2 aliphatic rings. The van der Waals surface area contributed by atoms with Crippen LogP contribution in [0.25, 0.3) is 0 Å². The first-order chi connectivity index (χ1) is 12.3. The molecule has 1 saturated heterocycles. The van der Waals surface area contributed by atoms with Crippen molar-refractivity contribution >= 4 is 5.91 Å². The summed E-state index contributed by atoms with van der Waals surface area (Å²) in [5.41, 5.74) is 0.766. The van der Waals surface area contributed by atoms with Gasteiger partial charge in [-0.25, -0.2) is 0 Å². The average molecular weight is 339 g/mol. The Morgan fingerprint density at radius 2 is 1.96 bits per heavy atom. The van der Waals surface area contributed by atoms with Gasteiger partial charge in [0.25, 0.3) is 5.91 Å². The molecule has 1 aromatic heterocycles. The molecule has 4 rings (SSSR count). The number of aromatic nitrogens is 3. The van der Waals surface area contributed by atoms with Crippen LogP contribution in [0, 0.1) is 0 Å². The summed E-state index contributed by atoms with van der Waals surface area (Å²) in [6, 6.07) is 9.54. The Bertz CT molecular complexity index is 742. The van der Waals surface area contributed by atoms with Gasteiger partial charge in [-0.05, 0) is 25.1 Å². The summed E-state index contributed by atoms with van der Waals surface area (Å²) >= 11 is 0. The molecule has 0 saturated carbocycles. The van der Waals surface area contributed by atoms with Gasteiger partial charge in [-0.1, -0.05) is 25.1 Å². The van der Waals surface area contributed by atoms with Gasteiger partial charge in [0.05, 0.1) is 0 Å². The summed E-state index contributed by atoms with van der Waals surface area (Å²) in [7, 11) is 0. The standard InChI is InChI=1S/C19H25N5O/c1-2-22-10-9-17-20-21-18(24(17)13-12-22)16-8-11-23(14-16)19(25)15-6-4-3-5-7-15/h3-7,16H,2,8-14H2,1H3. The molecule has 6 heteroatoms. The molecule has 1 amide bonds. The van der Waals surface area contributed by atoms with Gasteiger partial charge in [0.1, 0.15) is 11.6 Å². The molecular formula is C19H25N5O. The van der Waals surface area contributed by atoms with E-state index in [0.717, 1.165) is 69.3 Å². The van der Waals surface area contributed by atoms with Gasteiger partial charge in [0.15, 0.2) is 0 Å². The summed E-state index contributed by atoms with van der Waals surface area (Å²) in [5, 5.41) is 8.94. The third-order valence-electron chi connectivity index (χ3n) is 5.46. The number of hydrogen-bond acceptors (Lipinski definition) is 4. The van der Waals surface area contributed by atoms with Crippen LogP contribution in [-0.2, 0) is 13.0 Å². The third kappa shape index (κ3) is 3.18. The maximum atomic E-state index is 12.7. The number of likely N-dealkylation sites (tertiary alicyclic amines) is 1. The lowest BCUT2D eigenvalue weighted by Gasteiger charge is -2.18. The number of rotatable bonds is 3. The number of carbonyl (C=O) groups is 1. The SMILES string of the molecule is CCN1CCc2nnc(C3CCN(C(=O)c4ccccc4)C3)n2CC1. The number of benzene rings is 1. The van der Waals surface area contributed by atoms with Crippen LogP contribution in [-0.4, -0.2) is 63.2 Å². The van der Waals surface area contributed by atoms with Crippen LogP contribution in [0.3, 0.4) is 0 Å². The normalized spacial score (nSPS) is 21.2. The van der Waals surface area contributed by atoms with Gasteiger partial charge in [0.2, 0.25) is 0 Å². The Morgan fingerprint density at radius 1 is 1.12 bits per heavy atom. The molecule has 2 aromatic rings. The molecule has 2 aliphatic heterocycles. The Hall–Kier alpha value is -2.21. The minimum atomic E-state index is 0.121. The van der Waals surface area contributed by atoms with E-state index in [1.165, 1.54) is 0 Å². The van der Waals surface area contributed by atoms with E-state index in [9.17, 15) is 4.79 Å². The van der Waals surface area contributed by atoms with E-state index in [1.807, 2.05) is 35.2 Å². The summed E-state index contributed by atoms with van der Waals surface area (Å²) < 4.78 is 2.30. The zero-order chi connectivity index (χ0) is 17.2. The van der Waals surface area contributed by atoms with E-state index in [-0.39, 0.29) is 5.91 Å². The fourth-order valence-corrected chi connectivity index (χ4v) is 3.93. The van der Waals surface area contributed by atoms with E-state index in [0.29, 0.717) is 5.92 Å². The zero-order valence-electron chi connectivity index (χ0n) is 14.8. The second-order valence-electron chi connectivity index (χ2n) is 6.91. The van der Waals surface area contributed by atoms with Crippen molar-refractivity contribution in [2.75, 3.05) is 32.7 Å². The molecule has 6 nitrogen and oxygen atoms in total. The van der Waals surface area contributed by atoms with Crippen LogP contribution < -0.4 is 0 Å². The van der Waals surface area contributed by atoms with Gasteiger partial charge in [-0.3, -0.25) is 4.79 Å². The van der Waals surface area contributed by atoms with Crippen LogP contribution in [0.1, 0.15) is 41.3 Å². The van der Waals surface area contributed by atoms with Crippen LogP contribution in [0.2, 0.25) is 0 Å². The number of carbonyl (C=O) groups excluding carboxylic acids is 1. The van der Waals surface area contributed by atoms with E-state index in [2.05, 4.69) is 26.6 Å². The average Bonchev–Trinajstić information content (AvgIpc) is 3.24. The molecule has 1 aromatic carbocycles. The highest BCUT2D eigenvalue weighted by Crippen LogP contribution is 2.28. The maximum absolute atomic E-state index is 12.7. The van der Waals surface area contributed by atoms with Crippen LogP contribution in [0.5, 0.6) is 0 Å². The largest absolute Gasteiger partial charge is 0.338 e. The fraction of sp³-hybridized carbons (Fsp3) is 0.526. The van der Waals surface area contributed by atoms with Crippen LogP contribution in [0.4, 0.5) is 0 Å². The molecule has 0 spiro atoms. The first-order valence-electron chi connectivity index (χ1n) is 9.25. The number of nitrogens with zero attached hydrogens (tertiary/aromatic N) is 5. The third-order valence-corrected chi connectivity index (χ3v) is 5.46. The smallest absolute Gasteiger partial charge is 0.253 e.